The van der Waals surface area contributed by atoms with Crippen LogP contribution in [0.1, 0.15) is 5.56 Å². The average molecular weight is 308 g/mol. The molecule has 1 saturated heterocycles. The molecule has 0 amide bonds. The van der Waals surface area contributed by atoms with E-state index in [0.717, 1.165) is 44.1 Å². The predicted molar refractivity (Wildman–Crippen MR) is 89.5 cm³/mol. The summed E-state index contributed by atoms with van der Waals surface area (Å²) in [4.78, 5) is 2.29. The Hall–Kier alpha value is -2.47. The van der Waals surface area contributed by atoms with Crippen molar-refractivity contribution in [3.05, 3.63) is 54.4 Å². The zero-order valence-electron chi connectivity index (χ0n) is 13.0. The van der Waals surface area contributed by atoms with Crippen molar-refractivity contribution in [2.75, 3.05) is 31.1 Å². The second-order valence-electron chi connectivity index (χ2n) is 6.04. The van der Waals surface area contributed by atoms with Crippen LogP contribution in [-0.4, -0.2) is 46.0 Å². The number of nitrogens with one attached hydrogen (secondary N) is 1. The molecule has 1 aliphatic heterocycles. The molecule has 0 bridgehead atoms. The van der Waals surface area contributed by atoms with Gasteiger partial charge in [-0.2, -0.15) is 4.52 Å². The highest BCUT2D eigenvalue weighted by atomic mass is 15.4. The number of nitrogens with zero attached hydrogens (tertiary/aromatic N) is 5. The van der Waals surface area contributed by atoms with Crippen LogP contribution in [0.25, 0.3) is 5.65 Å². The highest BCUT2D eigenvalue weighted by Gasteiger charge is 2.27. The fourth-order valence-electron chi connectivity index (χ4n) is 2.96. The highest BCUT2D eigenvalue weighted by molar-refractivity contribution is 5.46. The maximum absolute atomic E-state index is 4.52. The lowest BCUT2D eigenvalue weighted by molar-refractivity contribution is 0.383. The van der Waals surface area contributed by atoms with Gasteiger partial charge in [-0.3, -0.25) is 0 Å². The van der Waals surface area contributed by atoms with Gasteiger partial charge in [0.25, 0.3) is 0 Å². The van der Waals surface area contributed by atoms with Crippen LogP contribution in [0, 0.1) is 5.92 Å². The van der Waals surface area contributed by atoms with E-state index in [2.05, 4.69) is 55.8 Å². The van der Waals surface area contributed by atoms with Crippen LogP contribution in [0.2, 0.25) is 0 Å². The topological polar surface area (TPSA) is 58.3 Å². The minimum atomic E-state index is 0.698. The molecule has 1 aliphatic rings. The smallest absolute Gasteiger partial charge is 0.177 e. The summed E-state index contributed by atoms with van der Waals surface area (Å²) in [5, 5.41) is 15.9. The molecule has 2 aromatic heterocycles. The summed E-state index contributed by atoms with van der Waals surface area (Å²) in [6, 6.07) is 14.6. The van der Waals surface area contributed by atoms with Gasteiger partial charge < -0.3 is 10.2 Å². The highest BCUT2D eigenvalue weighted by Crippen LogP contribution is 2.22. The summed E-state index contributed by atoms with van der Waals surface area (Å²) >= 11 is 0. The molecule has 4 rings (SSSR count). The summed E-state index contributed by atoms with van der Waals surface area (Å²) < 4.78 is 1.72. The van der Waals surface area contributed by atoms with Crippen LogP contribution < -0.4 is 10.2 Å². The molecule has 23 heavy (non-hydrogen) atoms. The molecule has 0 unspecified atom stereocenters. The third-order valence-corrected chi connectivity index (χ3v) is 4.30. The fraction of sp³-hybridized carbons (Fsp3) is 0.353. The Morgan fingerprint density at radius 3 is 2.83 bits per heavy atom. The molecule has 0 aliphatic carbocycles. The van der Waals surface area contributed by atoms with Crippen molar-refractivity contribution in [3.63, 3.8) is 0 Å². The SMILES string of the molecule is c1ccc(CCNCC2CN(c3ccc4nncn4n3)C2)cc1. The Bertz CT molecular complexity index is 763. The van der Waals surface area contributed by atoms with Crippen molar-refractivity contribution in [2.45, 2.75) is 6.42 Å². The first-order chi connectivity index (χ1) is 11.4. The summed E-state index contributed by atoms with van der Waals surface area (Å²) in [7, 11) is 0. The lowest BCUT2D eigenvalue weighted by Gasteiger charge is -2.40. The molecule has 1 N–H and O–H groups in total. The quantitative estimate of drug-likeness (QED) is 0.698. The molecular formula is C17H20N6. The molecule has 3 heterocycles. The predicted octanol–water partition coefficient (Wildman–Crippen LogP) is 1.39. The van der Waals surface area contributed by atoms with E-state index in [9.17, 15) is 0 Å². The van der Waals surface area contributed by atoms with Crippen LogP contribution in [0.3, 0.4) is 0 Å². The van der Waals surface area contributed by atoms with Crippen LogP contribution in [0.4, 0.5) is 5.82 Å². The molecule has 0 saturated carbocycles. The molecule has 1 fully saturated rings. The van der Waals surface area contributed by atoms with E-state index in [1.165, 1.54) is 5.56 Å². The minimum absolute atomic E-state index is 0.698. The zero-order chi connectivity index (χ0) is 15.5. The molecule has 1 aromatic carbocycles. The summed E-state index contributed by atoms with van der Waals surface area (Å²) in [5.41, 5.74) is 2.18. The van der Waals surface area contributed by atoms with Crippen molar-refractivity contribution in [3.8, 4) is 0 Å². The van der Waals surface area contributed by atoms with E-state index in [4.69, 9.17) is 0 Å². The number of rotatable bonds is 6. The standard InChI is InChI=1S/C17H20N6/c1-2-4-14(5-3-1)8-9-18-10-15-11-22(12-15)17-7-6-16-20-19-13-23(16)21-17/h1-7,13,15,18H,8-12H2. The minimum Gasteiger partial charge on any atom is -0.354 e. The van der Waals surface area contributed by atoms with E-state index in [-0.39, 0.29) is 0 Å². The van der Waals surface area contributed by atoms with Crippen molar-refractivity contribution >= 4 is 11.5 Å². The number of fused-ring (bicyclic) bond motifs is 1. The maximum Gasteiger partial charge on any atom is 0.177 e. The van der Waals surface area contributed by atoms with Crippen LogP contribution in [0.15, 0.2) is 48.8 Å². The summed E-state index contributed by atoms with van der Waals surface area (Å²) in [5.74, 6) is 1.70. The molecular weight excluding hydrogens is 288 g/mol. The normalized spacial score (nSPS) is 15.0. The Morgan fingerprint density at radius 1 is 1.09 bits per heavy atom. The van der Waals surface area contributed by atoms with Gasteiger partial charge in [-0.1, -0.05) is 30.3 Å². The van der Waals surface area contributed by atoms with E-state index in [1.54, 1.807) is 10.8 Å². The largest absolute Gasteiger partial charge is 0.354 e. The Labute approximate surface area is 135 Å². The van der Waals surface area contributed by atoms with Gasteiger partial charge in [0.1, 0.15) is 12.1 Å². The fourth-order valence-corrected chi connectivity index (χ4v) is 2.96. The number of aromatic nitrogens is 4. The van der Waals surface area contributed by atoms with Crippen molar-refractivity contribution in [2.24, 2.45) is 5.92 Å². The zero-order valence-corrected chi connectivity index (χ0v) is 13.0. The monoisotopic (exact) mass is 308 g/mol. The van der Waals surface area contributed by atoms with Crippen molar-refractivity contribution in [1.82, 2.24) is 25.1 Å². The molecule has 118 valence electrons. The second kappa shape index (κ2) is 6.34. The number of benzene rings is 1. The molecule has 3 aromatic rings. The molecule has 0 atom stereocenters. The van der Waals surface area contributed by atoms with E-state index < -0.39 is 0 Å². The third kappa shape index (κ3) is 3.17. The maximum atomic E-state index is 4.52. The van der Waals surface area contributed by atoms with Crippen molar-refractivity contribution in [1.29, 1.82) is 0 Å². The lowest BCUT2D eigenvalue weighted by atomic mass is 10.00. The Kier molecular flexibility index (Phi) is 3.90. The number of anilines is 1. The van der Waals surface area contributed by atoms with Gasteiger partial charge in [-0.15, -0.1) is 15.3 Å². The number of hydrogen-bond acceptors (Lipinski definition) is 5. The Morgan fingerprint density at radius 2 is 1.96 bits per heavy atom. The molecule has 0 spiro atoms. The van der Waals surface area contributed by atoms with E-state index >= 15 is 0 Å². The van der Waals surface area contributed by atoms with E-state index in [1.807, 2.05) is 12.1 Å². The van der Waals surface area contributed by atoms with Gasteiger partial charge in [0.05, 0.1) is 0 Å². The van der Waals surface area contributed by atoms with Gasteiger partial charge in [0, 0.05) is 25.6 Å². The summed E-state index contributed by atoms with van der Waals surface area (Å²) in [6.07, 6.45) is 2.73. The van der Waals surface area contributed by atoms with Gasteiger partial charge in [0.15, 0.2) is 5.65 Å². The van der Waals surface area contributed by atoms with Gasteiger partial charge in [-0.25, -0.2) is 0 Å². The Balaban J connectivity index is 1.21. The number of hydrogen-bond donors (Lipinski definition) is 1. The van der Waals surface area contributed by atoms with Crippen LogP contribution >= 0.6 is 0 Å². The van der Waals surface area contributed by atoms with Crippen LogP contribution in [0.5, 0.6) is 0 Å². The molecule has 0 radical (unpaired) electrons. The van der Waals surface area contributed by atoms with E-state index in [0.29, 0.717) is 5.92 Å². The van der Waals surface area contributed by atoms with Crippen LogP contribution in [-0.2, 0) is 6.42 Å². The first-order valence-electron chi connectivity index (χ1n) is 8.05. The van der Waals surface area contributed by atoms with Gasteiger partial charge in [0.2, 0.25) is 0 Å². The molecule has 6 nitrogen and oxygen atoms in total. The first kappa shape index (κ1) is 14.1. The summed E-state index contributed by atoms with van der Waals surface area (Å²) in [6.45, 7) is 4.21. The lowest BCUT2D eigenvalue weighted by Crippen LogP contribution is -2.51. The van der Waals surface area contributed by atoms with Crippen molar-refractivity contribution < 1.29 is 0 Å². The first-order valence-corrected chi connectivity index (χ1v) is 8.05. The third-order valence-electron chi connectivity index (χ3n) is 4.30. The van der Waals surface area contributed by atoms with Gasteiger partial charge >= 0.3 is 0 Å². The van der Waals surface area contributed by atoms with Gasteiger partial charge in [-0.05, 0) is 30.7 Å². The molecule has 6 heteroatoms. The average Bonchev–Trinajstić information content (AvgIpc) is 3.01. The second-order valence-corrected chi connectivity index (χ2v) is 6.04.